The largest absolute Gasteiger partial charge is 0.326 e. The first-order chi connectivity index (χ1) is 12.4. The van der Waals surface area contributed by atoms with Crippen LogP contribution in [0.15, 0.2) is 48.5 Å². The van der Waals surface area contributed by atoms with Gasteiger partial charge in [0.25, 0.3) is 0 Å². The molecule has 2 aromatic carbocycles. The normalized spacial score (nSPS) is 16.3. The van der Waals surface area contributed by atoms with E-state index >= 15 is 0 Å². The van der Waals surface area contributed by atoms with Crippen molar-refractivity contribution in [2.45, 2.75) is 32.6 Å². The van der Waals surface area contributed by atoms with Gasteiger partial charge in [0, 0.05) is 18.7 Å². The van der Waals surface area contributed by atoms with Crippen LogP contribution in [-0.4, -0.2) is 26.6 Å². The highest BCUT2D eigenvalue weighted by molar-refractivity contribution is 7.92. The van der Waals surface area contributed by atoms with Crippen molar-refractivity contribution in [3.63, 3.8) is 0 Å². The summed E-state index contributed by atoms with van der Waals surface area (Å²) in [5, 5.41) is 2.87. The number of rotatable bonds is 5. The topological polar surface area (TPSA) is 66.5 Å². The highest BCUT2D eigenvalue weighted by Crippen LogP contribution is 2.25. The third kappa shape index (κ3) is 4.64. The van der Waals surface area contributed by atoms with E-state index in [1.807, 2.05) is 31.2 Å². The van der Waals surface area contributed by atoms with E-state index < -0.39 is 10.0 Å². The lowest BCUT2D eigenvalue weighted by Gasteiger charge is -2.28. The monoisotopic (exact) mass is 372 g/mol. The van der Waals surface area contributed by atoms with E-state index in [1.54, 1.807) is 24.3 Å². The maximum absolute atomic E-state index is 12.1. The molecule has 0 unspecified atom stereocenters. The number of anilines is 2. The average Bonchev–Trinajstić information content (AvgIpc) is 2.62. The molecule has 1 N–H and O–H groups in total. The molecule has 1 saturated heterocycles. The van der Waals surface area contributed by atoms with Gasteiger partial charge in [-0.05, 0) is 56.0 Å². The van der Waals surface area contributed by atoms with Crippen molar-refractivity contribution < 1.29 is 13.2 Å². The third-order valence-corrected chi connectivity index (χ3v) is 6.42. The summed E-state index contributed by atoms with van der Waals surface area (Å²) < 4.78 is 25.7. The fourth-order valence-corrected chi connectivity index (χ4v) is 4.67. The molecule has 3 rings (SSSR count). The zero-order chi connectivity index (χ0) is 18.6. The number of benzene rings is 2. The molecule has 1 heterocycles. The fraction of sp³-hybridized carbons (Fsp3) is 0.350. The Hall–Kier alpha value is -2.34. The van der Waals surface area contributed by atoms with Crippen LogP contribution in [0.5, 0.6) is 0 Å². The van der Waals surface area contributed by atoms with Crippen LogP contribution >= 0.6 is 0 Å². The molecule has 1 aliphatic heterocycles. The lowest BCUT2D eigenvalue weighted by molar-refractivity contribution is -0.116. The number of hydrogen-bond acceptors (Lipinski definition) is 3. The van der Waals surface area contributed by atoms with Gasteiger partial charge < -0.3 is 5.32 Å². The van der Waals surface area contributed by atoms with Crippen molar-refractivity contribution in [1.82, 2.24) is 0 Å². The van der Waals surface area contributed by atoms with E-state index in [4.69, 9.17) is 0 Å². The van der Waals surface area contributed by atoms with Gasteiger partial charge in [0.05, 0.1) is 11.4 Å². The van der Waals surface area contributed by atoms with Gasteiger partial charge in [0.15, 0.2) is 0 Å². The molecule has 5 nitrogen and oxygen atoms in total. The molecule has 1 amide bonds. The summed E-state index contributed by atoms with van der Waals surface area (Å²) in [6.07, 6.45) is 2.69. The molecule has 0 aliphatic carbocycles. The Balaban J connectivity index is 1.56. The Morgan fingerprint density at radius 3 is 2.38 bits per heavy atom. The van der Waals surface area contributed by atoms with Gasteiger partial charge in [0.2, 0.25) is 15.9 Å². The molecule has 1 aliphatic rings. The van der Waals surface area contributed by atoms with Crippen molar-refractivity contribution in [2.24, 2.45) is 0 Å². The van der Waals surface area contributed by atoms with E-state index in [2.05, 4.69) is 5.32 Å². The van der Waals surface area contributed by atoms with Crippen LogP contribution in [0.25, 0.3) is 0 Å². The second kappa shape index (κ2) is 7.91. The molecule has 0 aromatic heterocycles. The van der Waals surface area contributed by atoms with Gasteiger partial charge in [-0.1, -0.05) is 29.8 Å². The molecule has 1 fully saturated rings. The predicted molar refractivity (Wildman–Crippen MR) is 105 cm³/mol. The number of nitrogens with zero attached hydrogens (tertiary/aromatic N) is 1. The SMILES string of the molecule is Cc1ccc(CCC(=O)Nc2ccc(N3CCCCS3(=O)=O)cc2)cc1. The first-order valence-corrected chi connectivity index (χ1v) is 10.5. The van der Waals surface area contributed by atoms with Gasteiger partial charge in [-0.3, -0.25) is 9.10 Å². The number of amides is 1. The number of nitrogens with one attached hydrogen (secondary N) is 1. The molecule has 138 valence electrons. The van der Waals surface area contributed by atoms with Crippen LogP contribution in [0.1, 0.15) is 30.4 Å². The highest BCUT2D eigenvalue weighted by Gasteiger charge is 2.25. The molecule has 0 spiro atoms. The highest BCUT2D eigenvalue weighted by atomic mass is 32.2. The fourth-order valence-electron chi connectivity index (χ4n) is 3.03. The number of carbonyl (C=O) groups is 1. The molecule has 2 aromatic rings. The Labute approximate surface area is 155 Å². The van der Waals surface area contributed by atoms with Crippen molar-refractivity contribution in [3.8, 4) is 0 Å². The number of aryl methyl sites for hydroxylation is 2. The van der Waals surface area contributed by atoms with Gasteiger partial charge in [-0.2, -0.15) is 0 Å². The van der Waals surface area contributed by atoms with Crippen LogP contribution in [0.4, 0.5) is 11.4 Å². The molecular weight excluding hydrogens is 348 g/mol. The lowest BCUT2D eigenvalue weighted by atomic mass is 10.1. The summed E-state index contributed by atoms with van der Waals surface area (Å²) in [4.78, 5) is 12.1. The van der Waals surface area contributed by atoms with E-state index in [-0.39, 0.29) is 11.7 Å². The van der Waals surface area contributed by atoms with Crippen LogP contribution in [0, 0.1) is 6.92 Å². The van der Waals surface area contributed by atoms with Gasteiger partial charge in [-0.25, -0.2) is 8.42 Å². The summed E-state index contributed by atoms with van der Waals surface area (Å²) in [7, 11) is -3.21. The van der Waals surface area contributed by atoms with E-state index in [1.165, 1.54) is 9.87 Å². The zero-order valence-corrected chi connectivity index (χ0v) is 15.8. The zero-order valence-electron chi connectivity index (χ0n) is 14.9. The Bertz CT molecular complexity index is 859. The first-order valence-electron chi connectivity index (χ1n) is 8.90. The van der Waals surface area contributed by atoms with Gasteiger partial charge in [-0.15, -0.1) is 0 Å². The smallest absolute Gasteiger partial charge is 0.235 e. The van der Waals surface area contributed by atoms with Crippen molar-refractivity contribution >= 4 is 27.3 Å². The van der Waals surface area contributed by atoms with Crippen molar-refractivity contribution in [3.05, 3.63) is 59.7 Å². The molecule has 6 heteroatoms. The average molecular weight is 372 g/mol. The molecule has 0 bridgehead atoms. The molecule has 0 atom stereocenters. The molecular formula is C20H24N2O3S. The van der Waals surface area contributed by atoms with Crippen LogP contribution < -0.4 is 9.62 Å². The molecule has 0 radical (unpaired) electrons. The van der Waals surface area contributed by atoms with Crippen molar-refractivity contribution in [1.29, 1.82) is 0 Å². The van der Waals surface area contributed by atoms with Crippen molar-refractivity contribution in [2.75, 3.05) is 21.9 Å². The standard InChI is InChI=1S/C20H24N2O3S/c1-16-4-6-17(7-5-16)8-13-20(23)21-18-9-11-19(12-10-18)22-14-2-3-15-26(22,24)25/h4-7,9-12H,2-3,8,13-15H2,1H3,(H,21,23). The van der Waals surface area contributed by atoms with Crippen LogP contribution in [-0.2, 0) is 21.2 Å². The van der Waals surface area contributed by atoms with E-state index in [0.29, 0.717) is 37.2 Å². The molecule has 26 heavy (non-hydrogen) atoms. The summed E-state index contributed by atoms with van der Waals surface area (Å²) in [5.74, 6) is 0.147. The minimum Gasteiger partial charge on any atom is -0.326 e. The first kappa shape index (κ1) is 18.5. The van der Waals surface area contributed by atoms with E-state index in [0.717, 1.165) is 12.0 Å². The number of carbonyl (C=O) groups excluding carboxylic acids is 1. The Morgan fingerprint density at radius 2 is 1.73 bits per heavy atom. The van der Waals surface area contributed by atoms with Crippen LogP contribution in [0.2, 0.25) is 0 Å². The summed E-state index contributed by atoms with van der Waals surface area (Å²) in [5.41, 5.74) is 3.67. The summed E-state index contributed by atoms with van der Waals surface area (Å²) in [6.45, 7) is 2.56. The summed E-state index contributed by atoms with van der Waals surface area (Å²) >= 11 is 0. The maximum Gasteiger partial charge on any atom is 0.235 e. The second-order valence-electron chi connectivity index (χ2n) is 6.68. The minimum absolute atomic E-state index is 0.0519. The maximum atomic E-state index is 12.1. The van der Waals surface area contributed by atoms with Crippen LogP contribution in [0.3, 0.4) is 0 Å². The van der Waals surface area contributed by atoms with E-state index in [9.17, 15) is 13.2 Å². The van der Waals surface area contributed by atoms with Gasteiger partial charge >= 0.3 is 0 Å². The number of hydrogen-bond donors (Lipinski definition) is 1. The number of sulfonamides is 1. The predicted octanol–water partition coefficient (Wildman–Crippen LogP) is 3.50. The minimum atomic E-state index is -3.21. The lowest BCUT2D eigenvalue weighted by Crippen LogP contribution is -2.37. The Morgan fingerprint density at radius 1 is 1.04 bits per heavy atom. The molecule has 0 saturated carbocycles. The Kier molecular flexibility index (Phi) is 5.61. The third-order valence-electron chi connectivity index (χ3n) is 4.55. The van der Waals surface area contributed by atoms with Gasteiger partial charge in [0.1, 0.15) is 0 Å². The second-order valence-corrected chi connectivity index (χ2v) is 8.69. The quantitative estimate of drug-likeness (QED) is 0.874. The summed E-state index contributed by atoms with van der Waals surface area (Å²) in [6, 6.07) is 15.2.